The van der Waals surface area contributed by atoms with E-state index in [1.54, 1.807) is 6.07 Å². The van der Waals surface area contributed by atoms with Gasteiger partial charge in [-0.2, -0.15) is 0 Å². The molecule has 19 heavy (non-hydrogen) atoms. The Morgan fingerprint density at radius 1 is 1.47 bits per heavy atom. The maximum atomic E-state index is 11.2. The van der Waals surface area contributed by atoms with E-state index in [1.807, 2.05) is 19.9 Å². The van der Waals surface area contributed by atoms with Crippen LogP contribution < -0.4 is 10.6 Å². The van der Waals surface area contributed by atoms with Gasteiger partial charge in [0.1, 0.15) is 0 Å². The summed E-state index contributed by atoms with van der Waals surface area (Å²) in [7, 11) is 0. The van der Waals surface area contributed by atoms with Crippen molar-refractivity contribution in [3.8, 4) is 0 Å². The Morgan fingerprint density at radius 2 is 2.16 bits per heavy atom. The number of nitrogens with two attached hydrogens (primary N) is 1. The molecule has 1 heterocycles. The highest BCUT2D eigenvalue weighted by atomic mass is 16.5. The van der Waals surface area contributed by atoms with Gasteiger partial charge in [-0.3, -0.25) is 0 Å². The normalized spacial score (nSPS) is 23.4. The molecule has 1 aliphatic rings. The molecular formula is C14H20N2O3. The van der Waals surface area contributed by atoms with Crippen LogP contribution in [0.25, 0.3) is 0 Å². The van der Waals surface area contributed by atoms with Crippen LogP contribution in [0, 0.1) is 6.92 Å². The van der Waals surface area contributed by atoms with E-state index >= 15 is 0 Å². The van der Waals surface area contributed by atoms with Gasteiger partial charge < -0.3 is 20.5 Å². The third-order valence-electron chi connectivity index (χ3n) is 3.54. The van der Waals surface area contributed by atoms with Crippen molar-refractivity contribution in [1.82, 2.24) is 0 Å². The molecule has 0 saturated carbocycles. The number of aryl methyl sites for hydroxylation is 1. The van der Waals surface area contributed by atoms with Crippen molar-refractivity contribution in [2.75, 3.05) is 23.8 Å². The molecule has 0 radical (unpaired) electrons. The van der Waals surface area contributed by atoms with Crippen LogP contribution >= 0.6 is 0 Å². The number of carboxylic acids is 1. The van der Waals surface area contributed by atoms with Crippen LogP contribution in [0.1, 0.15) is 29.8 Å². The summed E-state index contributed by atoms with van der Waals surface area (Å²) < 4.78 is 5.59. The monoisotopic (exact) mass is 264 g/mol. The molecule has 0 spiro atoms. The number of rotatable bonds is 2. The molecule has 0 aliphatic carbocycles. The summed E-state index contributed by atoms with van der Waals surface area (Å²) in [5.74, 6) is -0.989. The molecule has 0 amide bonds. The van der Waals surface area contributed by atoms with Crippen molar-refractivity contribution in [2.24, 2.45) is 0 Å². The van der Waals surface area contributed by atoms with Gasteiger partial charge in [-0.15, -0.1) is 0 Å². The molecule has 2 rings (SSSR count). The van der Waals surface area contributed by atoms with Gasteiger partial charge in [-0.1, -0.05) is 0 Å². The Labute approximate surface area is 113 Å². The summed E-state index contributed by atoms with van der Waals surface area (Å²) in [6.07, 6.45) is 0.141. The number of hydrogen-bond donors (Lipinski definition) is 2. The molecular weight excluding hydrogens is 244 g/mol. The Balaban J connectivity index is 2.41. The van der Waals surface area contributed by atoms with E-state index in [-0.39, 0.29) is 17.7 Å². The fourth-order valence-electron chi connectivity index (χ4n) is 2.39. The van der Waals surface area contributed by atoms with Gasteiger partial charge in [-0.25, -0.2) is 4.79 Å². The molecule has 1 aliphatic heterocycles. The first-order chi connectivity index (χ1) is 8.90. The van der Waals surface area contributed by atoms with Crippen molar-refractivity contribution >= 4 is 17.3 Å². The van der Waals surface area contributed by atoms with Gasteiger partial charge in [0.2, 0.25) is 0 Å². The fourth-order valence-corrected chi connectivity index (χ4v) is 2.39. The molecule has 0 aromatic heterocycles. The maximum Gasteiger partial charge on any atom is 0.337 e. The van der Waals surface area contributed by atoms with Crippen LogP contribution in [0.15, 0.2) is 12.1 Å². The number of aromatic carboxylic acids is 1. The van der Waals surface area contributed by atoms with Gasteiger partial charge in [0.05, 0.1) is 18.3 Å². The number of benzene rings is 1. The Kier molecular flexibility index (Phi) is 3.66. The van der Waals surface area contributed by atoms with Crippen molar-refractivity contribution < 1.29 is 14.6 Å². The largest absolute Gasteiger partial charge is 0.478 e. The molecule has 3 N–H and O–H groups in total. The number of ether oxygens (including phenoxy) is 1. The smallest absolute Gasteiger partial charge is 0.337 e. The highest BCUT2D eigenvalue weighted by Crippen LogP contribution is 2.28. The van der Waals surface area contributed by atoms with Crippen LogP contribution in [-0.2, 0) is 4.74 Å². The standard InChI is InChI=1S/C14H20N2O3/c1-8-4-11(5-12(13(8)15)14(17)18)16-6-10(3)19-7-9(16)2/h4-5,9-10H,6-7,15H2,1-3H3,(H,17,18). The summed E-state index contributed by atoms with van der Waals surface area (Å²) in [6, 6.07) is 3.82. The number of nitrogens with zero attached hydrogens (tertiary/aromatic N) is 1. The second-order valence-electron chi connectivity index (χ2n) is 5.17. The van der Waals surface area contributed by atoms with Crippen LogP contribution in [-0.4, -0.2) is 36.4 Å². The molecule has 5 heteroatoms. The molecule has 5 nitrogen and oxygen atoms in total. The number of morpholine rings is 1. The lowest BCUT2D eigenvalue weighted by atomic mass is 10.0. The molecule has 2 unspecified atom stereocenters. The van der Waals surface area contributed by atoms with Gasteiger partial charge in [0.15, 0.2) is 0 Å². The Morgan fingerprint density at radius 3 is 2.79 bits per heavy atom. The average molecular weight is 264 g/mol. The maximum absolute atomic E-state index is 11.2. The zero-order valence-corrected chi connectivity index (χ0v) is 11.5. The molecule has 0 bridgehead atoms. The molecule has 104 valence electrons. The molecule has 2 atom stereocenters. The lowest BCUT2D eigenvalue weighted by Gasteiger charge is -2.38. The summed E-state index contributed by atoms with van der Waals surface area (Å²) in [6.45, 7) is 7.32. The predicted octanol–water partition coefficient (Wildman–Crippen LogP) is 1.89. The van der Waals surface area contributed by atoms with Crippen molar-refractivity contribution in [2.45, 2.75) is 32.9 Å². The number of carbonyl (C=O) groups is 1. The molecule has 1 aromatic rings. The van der Waals surface area contributed by atoms with E-state index in [4.69, 9.17) is 10.5 Å². The Hall–Kier alpha value is -1.75. The fraction of sp³-hybridized carbons (Fsp3) is 0.500. The first-order valence-corrected chi connectivity index (χ1v) is 6.41. The number of anilines is 2. The van der Waals surface area contributed by atoms with Crippen LogP contribution in [0.4, 0.5) is 11.4 Å². The van der Waals surface area contributed by atoms with Gasteiger partial charge in [0.25, 0.3) is 0 Å². The van der Waals surface area contributed by atoms with Crippen LogP contribution in [0.5, 0.6) is 0 Å². The van der Waals surface area contributed by atoms with Gasteiger partial charge in [-0.05, 0) is 38.5 Å². The van der Waals surface area contributed by atoms with Crippen molar-refractivity contribution in [3.05, 3.63) is 23.3 Å². The zero-order chi connectivity index (χ0) is 14.2. The van der Waals surface area contributed by atoms with Gasteiger partial charge >= 0.3 is 5.97 Å². The van der Waals surface area contributed by atoms with E-state index < -0.39 is 5.97 Å². The highest BCUT2D eigenvalue weighted by molar-refractivity contribution is 5.95. The second-order valence-corrected chi connectivity index (χ2v) is 5.17. The number of carboxylic acid groups (broad SMARTS) is 1. The van der Waals surface area contributed by atoms with E-state index in [1.165, 1.54) is 0 Å². The number of nitrogen functional groups attached to an aromatic ring is 1. The lowest BCUT2D eigenvalue weighted by molar-refractivity contribution is 0.0344. The lowest BCUT2D eigenvalue weighted by Crippen LogP contribution is -2.47. The third-order valence-corrected chi connectivity index (χ3v) is 3.54. The Bertz CT molecular complexity index is 502. The quantitative estimate of drug-likeness (QED) is 0.798. The van der Waals surface area contributed by atoms with Gasteiger partial charge in [0, 0.05) is 24.0 Å². The van der Waals surface area contributed by atoms with E-state index in [0.717, 1.165) is 17.8 Å². The summed E-state index contributed by atoms with van der Waals surface area (Å²) in [4.78, 5) is 13.4. The van der Waals surface area contributed by atoms with Crippen LogP contribution in [0.2, 0.25) is 0 Å². The second kappa shape index (κ2) is 5.09. The average Bonchev–Trinajstić information content (AvgIpc) is 2.35. The minimum atomic E-state index is -0.989. The van der Waals surface area contributed by atoms with Crippen molar-refractivity contribution in [3.63, 3.8) is 0 Å². The third kappa shape index (κ3) is 2.66. The molecule has 1 fully saturated rings. The van der Waals surface area contributed by atoms with E-state index in [0.29, 0.717) is 12.3 Å². The SMILES string of the molecule is Cc1cc(N2CC(C)OCC2C)cc(C(=O)O)c1N. The minimum Gasteiger partial charge on any atom is -0.478 e. The summed E-state index contributed by atoms with van der Waals surface area (Å²) >= 11 is 0. The number of hydrogen-bond acceptors (Lipinski definition) is 4. The summed E-state index contributed by atoms with van der Waals surface area (Å²) in [5.41, 5.74) is 8.01. The summed E-state index contributed by atoms with van der Waals surface area (Å²) in [5, 5.41) is 9.21. The van der Waals surface area contributed by atoms with E-state index in [9.17, 15) is 9.90 Å². The first-order valence-electron chi connectivity index (χ1n) is 6.41. The molecule has 1 aromatic carbocycles. The topological polar surface area (TPSA) is 75.8 Å². The predicted molar refractivity (Wildman–Crippen MR) is 74.8 cm³/mol. The van der Waals surface area contributed by atoms with E-state index in [2.05, 4.69) is 11.8 Å². The molecule has 1 saturated heterocycles. The first kappa shape index (κ1) is 13.7. The van der Waals surface area contributed by atoms with Crippen molar-refractivity contribution in [1.29, 1.82) is 0 Å². The van der Waals surface area contributed by atoms with Crippen LogP contribution in [0.3, 0.4) is 0 Å². The minimum absolute atomic E-state index is 0.141. The zero-order valence-electron chi connectivity index (χ0n) is 11.5. The highest BCUT2D eigenvalue weighted by Gasteiger charge is 2.25.